The molecule has 2 rings (SSSR count). The van der Waals surface area contributed by atoms with Crippen LogP contribution in [0.15, 0.2) is 0 Å². The average molecular weight is 280 g/mol. The van der Waals surface area contributed by atoms with Crippen LogP contribution < -0.4 is 15.5 Å². The van der Waals surface area contributed by atoms with E-state index in [0.29, 0.717) is 24.4 Å². The third-order valence-corrected chi connectivity index (χ3v) is 3.10. The van der Waals surface area contributed by atoms with Crippen molar-refractivity contribution < 1.29 is 5.11 Å². The van der Waals surface area contributed by atoms with E-state index >= 15 is 0 Å². The number of rotatable bonds is 7. The Balaban J connectivity index is 2.14. The number of nitrogens with zero attached hydrogens (tertiary/aromatic N) is 4. The molecule has 0 saturated carbocycles. The van der Waals surface area contributed by atoms with Crippen molar-refractivity contribution in [3.05, 3.63) is 0 Å². The molecule has 0 bridgehead atoms. The lowest BCUT2D eigenvalue weighted by Gasteiger charge is -2.17. The van der Waals surface area contributed by atoms with Crippen molar-refractivity contribution >= 4 is 17.8 Å². The topological polar surface area (TPSA) is 86.2 Å². The van der Waals surface area contributed by atoms with Gasteiger partial charge in [-0.25, -0.2) is 0 Å². The molecule has 20 heavy (non-hydrogen) atoms. The molecule has 2 heterocycles. The minimum atomic E-state index is -0.436. The van der Waals surface area contributed by atoms with Crippen LogP contribution in [0.25, 0.3) is 0 Å². The van der Waals surface area contributed by atoms with Crippen LogP contribution in [0.4, 0.5) is 17.8 Å². The van der Waals surface area contributed by atoms with Crippen molar-refractivity contribution in [3.8, 4) is 0 Å². The van der Waals surface area contributed by atoms with Gasteiger partial charge in [0.15, 0.2) is 0 Å². The fourth-order valence-electron chi connectivity index (χ4n) is 2.06. The Hall–Kier alpha value is -1.63. The van der Waals surface area contributed by atoms with Gasteiger partial charge in [-0.15, -0.1) is 0 Å². The zero-order valence-corrected chi connectivity index (χ0v) is 12.3. The molecule has 0 radical (unpaired) electrons. The van der Waals surface area contributed by atoms with Gasteiger partial charge in [-0.1, -0.05) is 6.92 Å². The van der Waals surface area contributed by atoms with E-state index in [2.05, 4.69) is 37.4 Å². The predicted molar refractivity (Wildman–Crippen MR) is 80.2 cm³/mol. The highest BCUT2D eigenvalue weighted by Gasteiger charge is 2.17. The highest BCUT2D eigenvalue weighted by molar-refractivity contribution is 5.44. The Morgan fingerprint density at radius 3 is 2.40 bits per heavy atom. The number of aliphatic hydroxyl groups excluding tert-OH is 1. The van der Waals surface area contributed by atoms with E-state index in [1.807, 2.05) is 0 Å². The van der Waals surface area contributed by atoms with Crippen LogP contribution in [0.3, 0.4) is 0 Å². The molecular formula is C13H24N6O. The smallest absolute Gasteiger partial charge is 0.231 e. The molecule has 1 atom stereocenters. The number of anilines is 3. The summed E-state index contributed by atoms with van der Waals surface area (Å²) in [6.07, 6.45) is 2.94. The Kier molecular flexibility index (Phi) is 5.34. The van der Waals surface area contributed by atoms with Crippen LogP contribution in [-0.2, 0) is 0 Å². The van der Waals surface area contributed by atoms with Crippen molar-refractivity contribution in [3.63, 3.8) is 0 Å². The first-order valence-corrected chi connectivity index (χ1v) is 7.36. The SMILES string of the molecule is CCCNc1nc(NCC(C)O)nc(N2CCCC2)n1. The molecule has 1 aromatic heterocycles. The molecule has 7 nitrogen and oxygen atoms in total. The summed E-state index contributed by atoms with van der Waals surface area (Å²) in [7, 11) is 0. The quantitative estimate of drug-likeness (QED) is 0.689. The standard InChI is InChI=1S/C13H24N6O/c1-3-6-14-11-16-12(15-9-10(2)20)18-13(17-11)19-7-4-5-8-19/h10,20H,3-9H2,1-2H3,(H2,14,15,16,17,18). The summed E-state index contributed by atoms with van der Waals surface area (Å²) >= 11 is 0. The van der Waals surface area contributed by atoms with Crippen molar-refractivity contribution in [2.45, 2.75) is 39.2 Å². The van der Waals surface area contributed by atoms with Gasteiger partial charge in [0.2, 0.25) is 17.8 Å². The highest BCUT2D eigenvalue weighted by Crippen LogP contribution is 2.18. The minimum absolute atomic E-state index is 0.427. The highest BCUT2D eigenvalue weighted by atomic mass is 16.3. The van der Waals surface area contributed by atoms with Crippen LogP contribution in [0.2, 0.25) is 0 Å². The van der Waals surface area contributed by atoms with Gasteiger partial charge in [-0.3, -0.25) is 0 Å². The summed E-state index contributed by atoms with van der Waals surface area (Å²) < 4.78 is 0. The first kappa shape index (κ1) is 14.8. The zero-order chi connectivity index (χ0) is 14.4. The summed E-state index contributed by atoms with van der Waals surface area (Å²) in [4.78, 5) is 15.4. The van der Waals surface area contributed by atoms with Crippen LogP contribution in [0, 0.1) is 0 Å². The third-order valence-electron chi connectivity index (χ3n) is 3.10. The summed E-state index contributed by atoms with van der Waals surface area (Å²) in [5.74, 6) is 1.82. The Morgan fingerprint density at radius 2 is 1.80 bits per heavy atom. The first-order chi connectivity index (χ1) is 9.69. The molecule has 1 aliphatic heterocycles. The van der Waals surface area contributed by atoms with Gasteiger partial charge >= 0.3 is 0 Å². The summed E-state index contributed by atoms with van der Waals surface area (Å²) in [6, 6.07) is 0. The number of hydrogen-bond donors (Lipinski definition) is 3. The molecule has 1 fully saturated rings. The molecular weight excluding hydrogens is 256 g/mol. The third kappa shape index (κ3) is 4.19. The van der Waals surface area contributed by atoms with Gasteiger partial charge in [0.05, 0.1) is 6.10 Å². The lowest BCUT2D eigenvalue weighted by atomic mass is 10.4. The lowest BCUT2D eigenvalue weighted by Crippen LogP contribution is -2.23. The van der Waals surface area contributed by atoms with Gasteiger partial charge in [-0.2, -0.15) is 15.0 Å². The molecule has 0 aromatic carbocycles. The molecule has 1 unspecified atom stereocenters. The largest absolute Gasteiger partial charge is 0.392 e. The molecule has 0 spiro atoms. The summed E-state index contributed by atoms with van der Waals surface area (Å²) in [6.45, 7) is 7.07. The van der Waals surface area contributed by atoms with Gasteiger partial charge in [-0.05, 0) is 26.2 Å². The second-order valence-electron chi connectivity index (χ2n) is 5.13. The van der Waals surface area contributed by atoms with Crippen LogP contribution in [0.1, 0.15) is 33.1 Å². The van der Waals surface area contributed by atoms with Crippen LogP contribution in [0.5, 0.6) is 0 Å². The van der Waals surface area contributed by atoms with Crippen LogP contribution in [-0.4, -0.2) is 52.3 Å². The van der Waals surface area contributed by atoms with Crippen molar-refractivity contribution in [1.82, 2.24) is 15.0 Å². The monoisotopic (exact) mass is 280 g/mol. The summed E-state index contributed by atoms with van der Waals surface area (Å²) in [5, 5.41) is 15.6. The Morgan fingerprint density at radius 1 is 1.15 bits per heavy atom. The number of aromatic nitrogens is 3. The van der Waals surface area contributed by atoms with E-state index in [0.717, 1.165) is 26.1 Å². The molecule has 1 saturated heterocycles. The van der Waals surface area contributed by atoms with Crippen molar-refractivity contribution in [2.75, 3.05) is 41.7 Å². The maximum atomic E-state index is 9.35. The van der Waals surface area contributed by atoms with Gasteiger partial charge in [0.1, 0.15) is 0 Å². The number of hydrogen-bond acceptors (Lipinski definition) is 7. The van der Waals surface area contributed by atoms with Crippen molar-refractivity contribution in [1.29, 1.82) is 0 Å². The molecule has 3 N–H and O–H groups in total. The number of nitrogens with one attached hydrogen (secondary N) is 2. The van der Waals surface area contributed by atoms with Gasteiger partial charge < -0.3 is 20.6 Å². The van der Waals surface area contributed by atoms with E-state index < -0.39 is 6.10 Å². The first-order valence-electron chi connectivity index (χ1n) is 7.36. The van der Waals surface area contributed by atoms with E-state index in [1.165, 1.54) is 12.8 Å². The molecule has 1 aromatic rings. The van der Waals surface area contributed by atoms with Crippen molar-refractivity contribution in [2.24, 2.45) is 0 Å². The minimum Gasteiger partial charge on any atom is -0.392 e. The molecule has 7 heteroatoms. The van der Waals surface area contributed by atoms with Crippen LogP contribution >= 0.6 is 0 Å². The normalized spacial score (nSPS) is 16.2. The second-order valence-corrected chi connectivity index (χ2v) is 5.13. The van der Waals surface area contributed by atoms with Gasteiger partial charge in [0.25, 0.3) is 0 Å². The fraction of sp³-hybridized carbons (Fsp3) is 0.769. The maximum Gasteiger partial charge on any atom is 0.231 e. The summed E-state index contributed by atoms with van der Waals surface area (Å²) in [5.41, 5.74) is 0. The van der Waals surface area contributed by atoms with E-state index in [1.54, 1.807) is 6.92 Å². The zero-order valence-electron chi connectivity index (χ0n) is 12.3. The molecule has 112 valence electrons. The Labute approximate surface area is 119 Å². The van der Waals surface area contributed by atoms with E-state index in [-0.39, 0.29) is 0 Å². The lowest BCUT2D eigenvalue weighted by molar-refractivity contribution is 0.208. The number of aliphatic hydroxyl groups is 1. The molecule has 1 aliphatic rings. The predicted octanol–water partition coefficient (Wildman–Crippen LogP) is 1.09. The second kappa shape index (κ2) is 7.23. The maximum absolute atomic E-state index is 9.35. The van der Waals surface area contributed by atoms with E-state index in [9.17, 15) is 5.11 Å². The van der Waals surface area contributed by atoms with E-state index in [4.69, 9.17) is 0 Å². The Bertz CT molecular complexity index is 419. The molecule has 0 amide bonds. The molecule has 0 aliphatic carbocycles. The fourth-order valence-corrected chi connectivity index (χ4v) is 2.06. The average Bonchev–Trinajstić information content (AvgIpc) is 2.97. The van der Waals surface area contributed by atoms with Gasteiger partial charge in [0, 0.05) is 26.2 Å².